The van der Waals surface area contributed by atoms with Crippen LogP contribution < -0.4 is 15.2 Å². The predicted molar refractivity (Wildman–Crippen MR) is 86.2 cm³/mol. The molecule has 3 rings (SSSR count). The van der Waals surface area contributed by atoms with E-state index in [0.29, 0.717) is 18.3 Å². The van der Waals surface area contributed by atoms with E-state index in [1.54, 1.807) is 7.11 Å². The second-order valence-corrected chi connectivity index (χ2v) is 5.00. The van der Waals surface area contributed by atoms with Crippen molar-refractivity contribution >= 4 is 0 Å². The normalized spacial score (nSPS) is 11.9. The molecule has 0 bridgehead atoms. The number of methoxy groups -OCH3 is 1. The van der Waals surface area contributed by atoms with E-state index < -0.39 is 6.04 Å². The number of nitrogens with two attached hydrogens (primary N) is 1. The lowest BCUT2D eigenvalue weighted by molar-refractivity contribution is 0.296. The van der Waals surface area contributed by atoms with Crippen molar-refractivity contribution in [3.8, 4) is 11.5 Å². The van der Waals surface area contributed by atoms with Gasteiger partial charge in [-0.1, -0.05) is 30.3 Å². The van der Waals surface area contributed by atoms with Crippen LogP contribution in [-0.4, -0.2) is 22.3 Å². The maximum Gasteiger partial charge on any atom is 0.172 e. The number of ether oxygens (including phenoxy) is 2. The van der Waals surface area contributed by atoms with Crippen LogP contribution >= 0.6 is 0 Å². The fraction of sp³-hybridized carbons (Fsp3) is 0.176. The van der Waals surface area contributed by atoms with Crippen molar-refractivity contribution in [3.63, 3.8) is 0 Å². The quantitative estimate of drug-likeness (QED) is 0.730. The number of nitrogens with one attached hydrogen (secondary N) is 1. The van der Waals surface area contributed by atoms with Gasteiger partial charge in [0.05, 0.1) is 13.2 Å². The van der Waals surface area contributed by atoms with Crippen LogP contribution in [0.2, 0.25) is 0 Å². The first-order chi connectivity index (χ1) is 11.3. The number of nitrogens with zero attached hydrogens (tertiary/aromatic N) is 2. The standard InChI is InChI=1S/C17H18N4O2/c1-22-14-9-5-6-12(10-14)16(18)17-19-15(20-21-17)11-23-13-7-3-2-4-8-13/h2-10,16H,11,18H2,1H3,(H,19,20,21). The maximum absolute atomic E-state index is 6.22. The smallest absolute Gasteiger partial charge is 0.172 e. The Kier molecular flexibility index (Phi) is 4.54. The first-order valence-corrected chi connectivity index (χ1v) is 7.25. The molecule has 0 saturated carbocycles. The van der Waals surface area contributed by atoms with Gasteiger partial charge in [0.25, 0.3) is 0 Å². The van der Waals surface area contributed by atoms with Gasteiger partial charge in [-0.05, 0) is 29.8 Å². The minimum absolute atomic E-state index is 0.307. The highest BCUT2D eigenvalue weighted by atomic mass is 16.5. The van der Waals surface area contributed by atoms with Crippen molar-refractivity contribution in [2.75, 3.05) is 7.11 Å². The van der Waals surface area contributed by atoms with Gasteiger partial charge in [-0.25, -0.2) is 4.98 Å². The van der Waals surface area contributed by atoms with Crippen LogP contribution in [0.25, 0.3) is 0 Å². The Morgan fingerprint density at radius 3 is 2.65 bits per heavy atom. The van der Waals surface area contributed by atoms with Crippen molar-refractivity contribution in [1.82, 2.24) is 15.2 Å². The van der Waals surface area contributed by atoms with Gasteiger partial charge in [-0.3, -0.25) is 5.10 Å². The zero-order chi connectivity index (χ0) is 16.1. The number of aromatic nitrogens is 3. The van der Waals surface area contributed by atoms with E-state index in [1.165, 1.54) is 0 Å². The van der Waals surface area contributed by atoms with Gasteiger partial charge < -0.3 is 15.2 Å². The molecule has 6 heteroatoms. The zero-order valence-corrected chi connectivity index (χ0v) is 12.8. The molecule has 0 spiro atoms. The second kappa shape index (κ2) is 6.93. The lowest BCUT2D eigenvalue weighted by Gasteiger charge is -2.09. The monoisotopic (exact) mass is 310 g/mol. The highest BCUT2D eigenvalue weighted by Gasteiger charge is 2.15. The Morgan fingerprint density at radius 1 is 1.09 bits per heavy atom. The average molecular weight is 310 g/mol. The van der Waals surface area contributed by atoms with Crippen molar-refractivity contribution in [1.29, 1.82) is 0 Å². The summed E-state index contributed by atoms with van der Waals surface area (Å²) in [5.74, 6) is 2.68. The summed E-state index contributed by atoms with van der Waals surface area (Å²) >= 11 is 0. The Morgan fingerprint density at radius 2 is 1.87 bits per heavy atom. The summed E-state index contributed by atoms with van der Waals surface area (Å²) < 4.78 is 10.8. The minimum atomic E-state index is -0.424. The number of hydrogen-bond acceptors (Lipinski definition) is 5. The molecule has 3 N–H and O–H groups in total. The van der Waals surface area contributed by atoms with Gasteiger partial charge in [0.2, 0.25) is 0 Å². The molecule has 0 amide bonds. The maximum atomic E-state index is 6.22. The highest BCUT2D eigenvalue weighted by Crippen LogP contribution is 2.21. The number of H-pyrrole nitrogens is 1. The summed E-state index contributed by atoms with van der Waals surface area (Å²) in [5, 5.41) is 7.04. The van der Waals surface area contributed by atoms with Gasteiger partial charge >= 0.3 is 0 Å². The molecular formula is C17H18N4O2. The topological polar surface area (TPSA) is 86.0 Å². The Hall–Kier alpha value is -2.86. The van der Waals surface area contributed by atoms with E-state index >= 15 is 0 Å². The van der Waals surface area contributed by atoms with E-state index in [9.17, 15) is 0 Å². The largest absolute Gasteiger partial charge is 0.497 e. The first kappa shape index (κ1) is 15.1. The molecular weight excluding hydrogens is 292 g/mol. The average Bonchev–Trinajstić information content (AvgIpc) is 3.09. The molecule has 0 radical (unpaired) electrons. The number of benzene rings is 2. The highest BCUT2D eigenvalue weighted by molar-refractivity contribution is 5.32. The first-order valence-electron chi connectivity index (χ1n) is 7.25. The van der Waals surface area contributed by atoms with Crippen LogP contribution in [0.5, 0.6) is 11.5 Å². The van der Waals surface area contributed by atoms with Gasteiger partial charge in [-0.2, -0.15) is 5.10 Å². The summed E-state index contributed by atoms with van der Waals surface area (Å²) in [6.07, 6.45) is 0. The molecule has 0 saturated heterocycles. The summed E-state index contributed by atoms with van der Waals surface area (Å²) in [6, 6.07) is 16.7. The molecule has 6 nitrogen and oxygen atoms in total. The molecule has 0 aliphatic heterocycles. The van der Waals surface area contributed by atoms with Crippen LogP contribution in [0, 0.1) is 0 Å². The summed E-state index contributed by atoms with van der Waals surface area (Å²) in [6.45, 7) is 0.307. The molecule has 0 aliphatic carbocycles. The number of rotatable bonds is 6. The van der Waals surface area contributed by atoms with Crippen LogP contribution in [0.1, 0.15) is 23.3 Å². The van der Waals surface area contributed by atoms with E-state index in [0.717, 1.165) is 17.1 Å². The fourth-order valence-corrected chi connectivity index (χ4v) is 2.17. The summed E-state index contributed by atoms with van der Waals surface area (Å²) in [7, 11) is 1.62. The van der Waals surface area contributed by atoms with Gasteiger partial charge in [-0.15, -0.1) is 0 Å². The van der Waals surface area contributed by atoms with Crippen molar-refractivity contribution < 1.29 is 9.47 Å². The van der Waals surface area contributed by atoms with Crippen molar-refractivity contribution in [2.24, 2.45) is 5.73 Å². The molecule has 0 aliphatic rings. The van der Waals surface area contributed by atoms with Gasteiger partial charge in [0, 0.05) is 0 Å². The van der Waals surface area contributed by atoms with Crippen LogP contribution in [0.4, 0.5) is 0 Å². The third-order valence-electron chi connectivity index (χ3n) is 3.40. The van der Waals surface area contributed by atoms with Crippen LogP contribution in [0.3, 0.4) is 0 Å². The summed E-state index contributed by atoms with van der Waals surface area (Å²) in [5.41, 5.74) is 7.11. The van der Waals surface area contributed by atoms with Crippen molar-refractivity contribution in [2.45, 2.75) is 12.6 Å². The number of aromatic amines is 1. The predicted octanol–water partition coefficient (Wildman–Crippen LogP) is 2.44. The van der Waals surface area contributed by atoms with E-state index in [2.05, 4.69) is 15.2 Å². The van der Waals surface area contributed by atoms with Crippen LogP contribution in [0.15, 0.2) is 54.6 Å². The van der Waals surface area contributed by atoms with Crippen LogP contribution in [-0.2, 0) is 6.61 Å². The summed E-state index contributed by atoms with van der Waals surface area (Å²) in [4.78, 5) is 4.40. The van der Waals surface area contributed by atoms with Gasteiger partial charge in [0.1, 0.15) is 18.1 Å². The third-order valence-corrected chi connectivity index (χ3v) is 3.40. The van der Waals surface area contributed by atoms with E-state index in [4.69, 9.17) is 15.2 Å². The Labute approximate surface area is 134 Å². The molecule has 23 heavy (non-hydrogen) atoms. The number of hydrogen-bond donors (Lipinski definition) is 2. The van der Waals surface area contributed by atoms with E-state index in [-0.39, 0.29) is 0 Å². The molecule has 0 fully saturated rings. The second-order valence-electron chi connectivity index (χ2n) is 5.00. The lowest BCUT2D eigenvalue weighted by atomic mass is 10.1. The van der Waals surface area contributed by atoms with E-state index in [1.807, 2.05) is 54.6 Å². The molecule has 2 aromatic carbocycles. The zero-order valence-electron chi connectivity index (χ0n) is 12.8. The Balaban J connectivity index is 1.68. The molecule has 118 valence electrons. The minimum Gasteiger partial charge on any atom is -0.497 e. The SMILES string of the molecule is COc1cccc(C(N)c2n[nH]c(COc3ccccc3)n2)c1. The number of para-hydroxylation sites is 1. The molecule has 3 aromatic rings. The molecule has 1 atom stereocenters. The molecule has 1 unspecified atom stereocenters. The lowest BCUT2D eigenvalue weighted by Crippen LogP contribution is -2.13. The van der Waals surface area contributed by atoms with Gasteiger partial charge in [0.15, 0.2) is 11.6 Å². The van der Waals surface area contributed by atoms with Crippen molar-refractivity contribution in [3.05, 3.63) is 71.8 Å². The third kappa shape index (κ3) is 3.67. The fourth-order valence-electron chi connectivity index (χ4n) is 2.17. The molecule has 1 aromatic heterocycles. The molecule has 1 heterocycles. The Bertz CT molecular complexity index is 758.